The molecule has 8 nitrogen and oxygen atoms in total. The fourth-order valence-corrected chi connectivity index (χ4v) is 2.17. The van der Waals surface area contributed by atoms with Crippen LogP contribution in [-0.2, 0) is 23.8 Å². The van der Waals surface area contributed by atoms with Crippen LogP contribution in [0.25, 0.3) is 0 Å². The van der Waals surface area contributed by atoms with Gasteiger partial charge >= 0.3 is 5.72 Å². The third kappa shape index (κ3) is 2.93. The highest BCUT2D eigenvalue weighted by atomic mass is 32.2. The lowest BCUT2D eigenvalue weighted by Crippen LogP contribution is -2.43. The van der Waals surface area contributed by atoms with Crippen molar-refractivity contribution in [3.8, 4) is 0 Å². The number of nitro groups is 1. The molecule has 1 atom stereocenters. The van der Waals surface area contributed by atoms with Gasteiger partial charge in [-0.15, -0.1) is 0 Å². The van der Waals surface area contributed by atoms with E-state index in [1.807, 2.05) is 0 Å². The Bertz CT molecular complexity index is 533. The monoisotopic (exact) mass is 277 g/mol. The van der Waals surface area contributed by atoms with E-state index in [0.717, 1.165) is 12.2 Å². The number of nitrogens with zero attached hydrogens (tertiary/aromatic N) is 1. The SMILES string of the molecule is COC1=C(C=O)C=CC(OS(C)(=O)=O)([N+](=O)[O-])C1. The number of carbonyl (C=O) groups excluding carboxylic acids is 1. The highest BCUT2D eigenvalue weighted by Crippen LogP contribution is 2.31. The minimum atomic E-state index is -4.04. The van der Waals surface area contributed by atoms with Gasteiger partial charge in [0.05, 0.1) is 23.9 Å². The fraction of sp³-hybridized carbons (Fsp3) is 0.444. The summed E-state index contributed by atoms with van der Waals surface area (Å²) in [5.41, 5.74) is -2.17. The Hall–Kier alpha value is -1.74. The van der Waals surface area contributed by atoms with Gasteiger partial charge in [0.25, 0.3) is 10.1 Å². The summed E-state index contributed by atoms with van der Waals surface area (Å²) in [5.74, 6) is -0.00662. The van der Waals surface area contributed by atoms with E-state index in [2.05, 4.69) is 4.18 Å². The molecule has 0 saturated heterocycles. The maximum atomic E-state index is 11.1. The minimum absolute atomic E-state index is 0.00662. The zero-order valence-corrected chi connectivity index (χ0v) is 10.5. The molecule has 9 heteroatoms. The molecule has 1 aliphatic carbocycles. The van der Waals surface area contributed by atoms with Crippen molar-refractivity contribution >= 4 is 16.4 Å². The fourth-order valence-electron chi connectivity index (χ4n) is 1.47. The number of carbonyl (C=O) groups is 1. The van der Waals surface area contributed by atoms with E-state index in [0.29, 0.717) is 12.5 Å². The molecule has 100 valence electrons. The molecule has 0 heterocycles. The average Bonchev–Trinajstić information content (AvgIpc) is 2.26. The van der Waals surface area contributed by atoms with Crippen molar-refractivity contribution in [2.24, 2.45) is 0 Å². The predicted molar refractivity (Wildman–Crippen MR) is 59.5 cm³/mol. The van der Waals surface area contributed by atoms with Gasteiger partial charge in [0.1, 0.15) is 12.2 Å². The first-order chi connectivity index (χ1) is 8.24. The molecule has 0 radical (unpaired) electrons. The summed E-state index contributed by atoms with van der Waals surface area (Å²) in [4.78, 5) is 20.8. The van der Waals surface area contributed by atoms with Crippen molar-refractivity contribution in [3.63, 3.8) is 0 Å². The third-order valence-corrected chi connectivity index (χ3v) is 2.83. The molecule has 0 aromatic carbocycles. The Morgan fingerprint density at radius 2 is 2.17 bits per heavy atom. The maximum absolute atomic E-state index is 11.1. The van der Waals surface area contributed by atoms with Gasteiger partial charge in [-0.1, -0.05) is 0 Å². The molecule has 1 aliphatic rings. The van der Waals surface area contributed by atoms with Crippen LogP contribution >= 0.6 is 0 Å². The van der Waals surface area contributed by atoms with Crippen molar-refractivity contribution in [1.82, 2.24) is 0 Å². The number of allylic oxidation sites excluding steroid dienone is 2. The number of ether oxygens (including phenoxy) is 1. The standard InChI is InChI=1S/C9H11NO7S/c1-16-8-5-9(10(12)13,17-18(2,14)15)4-3-7(8)6-11/h3-4,6H,5H2,1-2H3. The van der Waals surface area contributed by atoms with Gasteiger partial charge in [0.15, 0.2) is 6.29 Å². The minimum Gasteiger partial charge on any atom is -0.500 e. The summed E-state index contributed by atoms with van der Waals surface area (Å²) in [6, 6.07) is 0. The lowest BCUT2D eigenvalue weighted by Gasteiger charge is -2.24. The van der Waals surface area contributed by atoms with Crippen molar-refractivity contribution in [3.05, 3.63) is 33.6 Å². The van der Waals surface area contributed by atoms with Crippen LogP contribution in [0.4, 0.5) is 0 Å². The summed E-state index contributed by atoms with van der Waals surface area (Å²) < 4.78 is 31.5. The van der Waals surface area contributed by atoms with Crippen LogP contribution in [0.3, 0.4) is 0 Å². The van der Waals surface area contributed by atoms with Crippen molar-refractivity contribution in [2.45, 2.75) is 12.1 Å². The highest BCUT2D eigenvalue weighted by Gasteiger charge is 2.48. The zero-order chi connectivity index (χ0) is 14.0. The summed E-state index contributed by atoms with van der Waals surface area (Å²) in [5, 5.41) is 11.0. The quantitative estimate of drug-likeness (QED) is 0.228. The van der Waals surface area contributed by atoms with Gasteiger partial charge in [-0.25, -0.2) is 0 Å². The topological polar surface area (TPSA) is 113 Å². The zero-order valence-electron chi connectivity index (χ0n) is 9.65. The van der Waals surface area contributed by atoms with Gasteiger partial charge in [0.2, 0.25) is 0 Å². The van der Waals surface area contributed by atoms with Crippen molar-refractivity contribution < 1.29 is 27.1 Å². The first-order valence-electron chi connectivity index (χ1n) is 4.71. The van der Waals surface area contributed by atoms with Crippen LogP contribution in [0.2, 0.25) is 0 Å². The van der Waals surface area contributed by atoms with Crippen LogP contribution in [0.5, 0.6) is 0 Å². The van der Waals surface area contributed by atoms with Gasteiger partial charge in [-0.3, -0.25) is 14.9 Å². The Morgan fingerprint density at radius 3 is 2.56 bits per heavy atom. The summed E-state index contributed by atoms with van der Waals surface area (Å²) >= 11 is 0. The van der Waals surface area contributed by atoms with Crippen LogP contribution in [0.1, 0.15) is 6.42 Å². The highest BCUT2D eigenvalue weighted by molar-refractivity contribution is 7.86. The van der Waals surface area contributed by atoms with Gasteiger partial charge in [0, 0.05) is 6.08 Å². The summed E-state index contributed by atoms with van der Waals surface area (Å²) in [7, 11) is -2.82. The van der Waals surface area contributed by atoms with Gasteiger partial charge < -0.3 is 4.74 Å². The molecule has 0 bridgehead atoms. The lowest BCUT2D eigenvalue weighted by molar-refractivity contribution is -0.599. The van der Waals surface area contributed by atoms with E-state index in [-0.39, 0.29) is 11.3 Å². The van der Waals surface area contributed by atoms with E-state index < -0.39 is 27.2 Å². The maximum Gasteiger partial charge on any atom is 0.365 e. The van der Waals surface area contributed by atoms with Crippen LogP contribution < -0.4 is 0 Å². The normalized spacial score (nSPS) is 23.9. The van der Waals surface area contributed by atoms with E-state index in [4.69, 9.17) is 4.74 Å². The van der Waals surface area contributed by atoms with Crippen LogP contribution in [0.15, 0.2) is 23.5 Å². The molecule has 1 unspecified atom stereocenters. The van der Waals surface area contributed by atoms with Crippen LogP contribution in [0, 0.1) is 10.1 Å². The Balaban J connectivity index is 3.21. The molecule has 0 aromatic rings. The third-order valence-electron chi connectivity index (χ3n) is 2.24. The molecule has 0 amide bonds. The number of aldehydes is 1. The molecule has 1 rings (SSSR count). The summed E-state index contributed by atoms with van der Waals surface area (Å²) in [6.07, 6.45) is 2.70. The Labute approximate surface area is 103 Å². The van der Waals surface area contributed by atoms with E-state index in [9.17, 15) is 23.3 Å². The molecular weight excluding hydrogens is 266 g/mol. The lowest BCUT2D eigenvalue weighted by atomic mass is 9.99. The first kappa shape index (κ1) is 14.3. The molecule has 0 spiro atoms. The molecule has 0 fully saturated rings. The molecule has 0 aromatic heterocycles. The number of methoxy groups -OCH3 is 1. The molecule has 18 heavy (non-hydrogen) atoms. The molecular formula is C9H11NO7S. The largest absolute Gasteiger partial charge is 0.500 e. The average molecular weight is 277 g/mol. The second-order valence-electron chi connectivity index (χ2n) is 3.60. The number of rotatable bonds is 5. The molecule has 0 aliphatic heterocycles. The summed E-state index contributed by atoms with van der Waals surface area (Å²) in [6.45, 7) is 0. The van der Waals surface area contributed by atoms with E-state index >= 15 is 0 Å². The van der Waals surface area contributed by atoms with Crippen molar-refractivity contribution in [2.75, 3.05) is 13.4 Å². The predicted octanol–water partition coefficient (Wildman–Crippen LogP) is -0.00510. The molecule has 0 saturated carbocycles. The number of hydrogen-bond acceptors (Lipinski definition) is 7. The van der Waals surface area contributed by atoms with Gasteiger partial charge in [-0.2, -0.15) is 12.6 Å². The van der Waals surface area contributed by atoms with E-state index in [1.54, 1.807) is 0 Å². The Kier molecular flexibility index (Phi) is 3.87. The van der Waals surface area contributed by atoms with Crippen molar-refractivity contribution in [1.29, 1.82) is 0 Å². The first-order valence-corrected chi connectivity index (χ1v) is 6.52. The second kappa shape index (κ2) is 4.86. The van der Waals surface area contributed by atoms with Crippen LogP contribution in [-0.4, -0.2) is 38.7 Å². The van der Waals surface area contributed by atoms with Gasteiger partial charge in [-0.05, 0) is 6.08 Å². The second-order valence-corrected chi connectivity index (χ2v) is 5.17. The van der Waals surface area contributed by atoms with E-state index in [1.165, 1.54) is 7.11 Å². The smallest absolute Gasteiger partial charge is 0.365 e. The number of hydrogen-bond donors (Lipinski definition) is 0. The Morgan fingerprint density at radius 1 is 1.56 bits per heavy atom. The molecule has 0 N–H and O–H groups in total.